The molecule has 2 heterocycles. The van der Waals surface area contributed by atoms with Crippen molar-refractivity contribution in [3.05, 3.63) is 45.2 Å². The predicted molar refractivity (Wildman–Crippen MR) is 126 cm³/mol. The van der Waals surface area contributed by atoms with Gasteiger partial charge in [-0.05, 0) is 49.7 Å². The Kier molecular flexibility index (Phi) is 8.24. The summed E-state index contributed by atoms with van der Waals surface area (Å²) in [6.07, 6.45) is 2.20. The molecule has 1 aromatic carbocycles. The van der Waals surface area contributed by atoms with Gasteiger partial charge in [0.15, 0.2) is 5.11 Å². The number of fused-ring (bicyclic) bond motifs is 1. The lowest BCUT2D eigenvalue weighted by molar-refractivity contribution is -0.907. The first-order chi connectivity index (χ1) is 14.5. The number of thiocarbonyl (C=S) groups is 1. The third-order valence-corrected chi connectivity index (χ3v) is 6.31. The van der Waals surface area contributed by atoms with Gasteiger partial charge >= 0.3 is 0 Å². The normalized spacial score (nSPS) is 14.8. The molecule has 0 bridgehead atoms. The lowest BCUT2D eigenvalue weighted by Gasteiger charge is -2.29. The van der Waals surface area contributed by atoms with Crippen LogP contribution in [0.1, 0.15) is 36.5 Å². The van der Waals surface area contributed by atoms with Crippen molar-refractivity contribution in [1.29, 1.82) is 0 Å². The van der Waals surface area contributed by atoms with E-state index in [0.29, 0.717) is 6.54 Å². The first-order valence-electron chi connectivity index (χ1n) is 11.1. The van der Waals surface area contributed by atoms with E-state index in [1.165, 1.54) is 10.5 Å². The molecule has 3 rings (SSSR count). The fourth-order valence-corrected chi connectivity index (χ4v) is 4.14. The predicted octanol–water partition coefficient (Wildman–Crippen LogP) is 1.54. The summed E-state index contributed by atoms with van der Waals surface area (Å²) < 4.78 is 5.47. The number of nitrogens with one attached hydrogen (secondary N) is 3. The van der Waals surface area contributed by atoms with E-state index in [4.69, 9.17) is 17.0 Å². The molecular formula is C23H35N4O2S+. The van der Waals surface area contributed by atoms with Gasteiger partial charge in [-0.3, -0.25) is 4.79 Å². The Balaban J connectivity index is 1.80. The second-order valence-corrected chi connectivity index (χ2v) is 8.62. The number of nitrogens with zero attached hydrogens (tertiary/aromatic N) is 1. The molecule has 1 aromatic heterocycles. The molecule has 164 valence electrons. The highest BCUT2D eigenvalue weighted by Gasteiger charge is 2.19. The van der Waals surface area contributed by atoms with Crippen molar-refractivity contribution in [2.45, 2.75) is 40.2 Å². The highest BCUT2D eigenvalue weighted by atomic mass is 32.1. The topological polar surface area (TPSA) is 61.8 Å². The number of hydrogen-bond acceptors (Lipinski definition) is 3. The molecular weight excluding hydrogens is 396 g/mol. The van der Waals surface area contributed by atoms with E-state index in [1.54, 1.807) is 0 Å². The maximum absolute atomic E-state index is 12.9. The molecule has 0 spiro atoms. The van der Waals surface area contributed by atoms with Crippen molar-refractivity contribution in [3.8, 4) is 0 Å². The van der Waals surface area contributed by atoms with Crippen LogP contribution in [-0.2, 0) is 11.3 Å². The molecule has 30 heavy (non-hydrogen) atoms. The lowest BCUT2D eigenvalue weighted by atomic mass is 10.0. The molecule has 2 aromatic rings. The van der Waals surface area contributed by atoms with Crippen LogP contribution >= 0.6 is 12.2 Å². The summed E-state index contributed by atoms with van der Waals surface area (Å²) in [7, 11) is 0. The zero-order chi connectivity index (χ0) is 21.5. The van der Waals surface area contributed by atoms with Gasteiger partial charge in [-0.1, -0.05) is 25.5 Å². The average Bonchev–Trinajstić information content (AvgIpc) is 2.75. The van der Waals surface area contributed by atoms with E-state index in [1.807, 2.05) is 13.0 Å². The highest BCUT2D eigenvalue weighted by Crippen LogP contribution is 2.20. The summed E-state index contributed by atoms with van der Waals surface area (Å²) in [5.74, 6) is 0. The van der Waals surface area contributed by atoms with Crippen molar-refractivity contribution in [3.63, 3.8) is 0 Å². The molecule has 1 saturated heterocycles. The van der Waals surface area contributed by atoms with Crippen LogP contribution in [0, 0.1) is 13.8 Å². The molecule has 0 radical (unpaired) electrons. The summed E-state index contributed by atoms with van der Waals surface area (Å²) in [5, 5.41) is 5.22. The Bertz CT molecular complexity index is 921. The third-order valence-electron chi connectivity index (χ3n) is 5.91. The van der Waals surface area contributed by atoms with Crippen LogP contribution in [0.3, 0.4) is 0 Å². The number of aromatic nitrogens is 1. The summed E-state index contributed by atoms with van der Waals surface area (Å²) in [6, 6.07) is 6.20. The monoisotopic (exact) mass is 431 g/mol. The van der Waals surface area contributed by atoms with Gasteiger partial charge in [0.05, 0.1) is 38.4 Å². The van der Waals surface area contributed by atoms with Crippen LogP contribution in [0.4, 0.5) is 0 Å². The van der Waals surface area contributed by atoms with E-state index in [2.05, 4.69) is 41.2 Å². The minimum absolute atomic E-state index is 0.0312. The van der Waals surface area contributed by atoms with Gasteiger partial charge < -0.3 is 24.8 Å². The maximum atomic E-state index is 12.9. The minimum atomic E-state index is -0.0312. The molecule has 1 aliphatic rings. The number of unbranched alkanes of at least 4 members (excludes halogenated alkanes) is 1. The van der Waals surface area contributed by atoms with E-state index in [0.717, 1.165) is 85.9 Å². The van der Waals surface area contributed by atoms with Gasteiger partial charge in [-0.25, -0.2) is 0 Å². The zero-order valence-corrected chi connectivity index (χ0v) is 19.3. The number of hydrogen-bond donors (Lipinski definition) is 3. The van der Waals surface area contributed by atoms with Crippen molar-refractivity contribution in [2.24, 2.45) is 0 Å². The molecule has 0 unspecified atom stereocenters. The highest BCUT2D eigenvalue weighted by molar-refractivity contribution is 7.80. The molecule has 0 atom stereocenters. The second kappa shape index (κ2) is 10.9. The lowest BCUT2D eigenvalue weighted by Crippen LogP contribution is -3.14. The summed E-state index contributed by atoms with van der Waals surface area (Å²) >= 11 is 5.71. The number of rotatable bonds is 8. The van der Waals surface area contributed by atoms with Crippen LogP contribution in [0.15, 0.2) is 23.0 Å². The first-order valence-corrected chi connectivity index (χ1v) is 11.5. The number of aromatic amines is 1. The Labute approximate surface area is 184 Å². The van der Waals surface area contributed by atoms with E-state index >= 15 is 0 Å². The number of morpholine rings is 1. The molecule has 3 N–H and O–H groups in total. The van der Waals surface area contributed by atoms with Crippen molar-refractivity contribution in [1.82, 2.24) is 15.2 Å². The molecule has 1 fully saturated rings. The molecule has 6 nitrogen and oxygen atoms in total. The van der Waals surface area contributed by atoms with Crippen LogP contribution in [-0.4, -0.2) is 60.9 Å². The number of quaternary nitrogens is 1. The van der Waals surface area contributed by atoms with Gasteiger partial charge in [0.1, 0.15) is 13.1 Å². The van der Waals surface area contributed by atoms with E-state index in [9.17, 15) is 4.79 Å². The Morgan fingerprint density at radius 3 is 2.73 bits per heavy atom. The number of aryl methyl sites for hydroxylation is 2. The fraction of sp³-hybridized carbons (Fsp3) is 0.565. The van der Waals surface area contributed by atoms with Crippen molar-refractivity contribution >= 4 is 28.2 Å². The van der Waals surface area contributed by atoms with Gasteiger partial charge in [-0.2, -0.15) is 0 Å². The van der Waals surface area contributed by atoms with E-state index in [-0.39, 0.29) is 5.56 Å². The standard InChI is InChI=1S/C23H34N4O2S/c1-4-5-8-24-23(30)27(10-9-26-11-13-29-14-12-26)16-19-15-20-17(2)6-7-18(3)21(20)25-22(19)28/h6-7,15H,4-5,8-14,16H2,1-3H3,(H,24,30)(H,25,28)/p+1. The van der Waals surface area contributed by atoms with Crippen LogP contribution in [0.2, 0.25) is 0 Å². The third kappa shape index (κ3) is 5.80. The van der Waals surface area contributed by atoms with Gasteiger partial charge in [-0.15, -0.1) is 0 Å². The summed E-state index contributed by atoms with van der Waals surface area (Å²) in [4.78, 5) is 19.6. The Morgan fingerprint density at radius 1 is 1.27 bits per heavy atom. The number of ether oxygens (including phenoxy) is 1. The Hall–Kier alpha value is -1.96. The summed E-state index contributed by atoms with van der Waals surface area (Å²) in [5.41, 5.74) is 3.91. The largest absolute Gasteiger partial charge is 0.370 e. The van der Waals surface area contributed by atoms with Crippen LogP contribution in [0.5, 0.6) is 0 Å². The molecule has 0 saturated carbocycles. The molecule has 7 heteroatoms. The van der Waals surface area contributed by atoms with Crippen LogP contribution in [0.25, 0.3) is 10.9 Å². The number of H-pyrrole nitrogens is 1. The molecule has 1 aliphatic heterocycles. The zero-order valence-electron chi connectivity index (χ0n) is 18.5. The average molecular weight is 432 g/mol. The minimum Gasteiger partial charge on any atom is -0.370 e. The molecule has 0 amide bonds. The van der Waals surface area contributed by atoms with Gasteiger partial charge in [0, 0.05) is 17.5 Å². The van der Waals surface area contributed by atoms with Crippen molar-refractivity contribution < 1.29 is 9.64 Å². The number of pyridine rings is 1. The van der Waals surface area contributed by atoms with Gasteiger partial charge in [0.2, 0.25) is 0 Å². The van der Waals surface area contributed by atoms with Crippen molar-refractivity contribution in [2.75, 3.05) is 45.9 Å². The first kappa shape index (κ1) is 22.7. The fourth-order valence-electron chi connectivity index (χ4n) is 3.88. The second-order valence-electron chi connectivity index (χ2n) is 8.23. The maximum Gasteiger partial charge on any atom is 0.253 e. The number of benzene rings is 1. The summed E-state index contributed by atoms with van der Waals surface area (Å²) in [6.45, 7) is 13.2. The van der Waals surface area contributed by atoms with Crippen LogP contribution < -0.4 is 15.8 Å². The smallest absolute Gasteiger partial charge is 0.253 e. The van der Waals surface area contributed by atoms with E-state index < -0.39 is 0 Å². The quantitative estimate of drug-likeness (QED) is 0.437. The molecule has 0 aliphatic carbocycles. The SMILES string of the molecule is CCCCNC(=S)N(CC[NH+]1CCOCC1)Cc1cc2c(C)ccc(C)c2[nH]c1=O. The van der Waals surface area contributed by atoms with Gasteiger partial charge in [0.25, 0.3) is 5.56 Å². The Morgan fingerprint density at radius 2 is 2.00 bits per heavy atom.